The van der Waals surface area contributed by atoms with Crippen LogP contribution in [0.15, 0.2) is 68.7 Å². The van der Waals surface area contributed by atoms with Crippen molar-refractivity contribution in [3.05, 3.63) is 96.6 Å². The summed E-state index contributed by atoms with van der Waals surface area (Å²) in [6.45, 7) is 0. The van der Waals surface area contributed by atoms with Crippen molar-refractivity contribution in [1.82, 2.24) is 9.97 Å². The molecule has 1 atom stereocenters. The highest BCUT2D eigenvalue weighted by molar-refractivity contribution is 9.10. The molecule has 1 aromatic heterocycles. The van der Waals surface area contributed by atoms with Gasteiger partial charge in [0.1, 0.15) is 16.7 Å². The number of fused-ring (bicyclic) bond motifs is 8. The molecular weight excluding hydrogens is 462 g/mol. The number of carbonyl (C=O) groups excluding carboxylic acids is 1. The third-order valence-electron chi connectivity index (χ3n) is 6.11. The Kier molecular flexibility index (Phi) is 3.48. The number of ether oxygens (including phenoxy) is 1. The highest BCUT2D eigenvalue weighted by Gasteiger charge is 2.59. The second-order valence-corrected chi connectivity index (χ2v) is 8.57. The minimum Gasteiger partial charge on any atom is -0.440 e. The Balaban J connectivity index is 1.90. The molecule has 3 aromatic carbocycles. The van der Waals surface area contributed by atoms with Gasteiger partial charge < -0.3 is 9.64 Å². The van der Waals surface area contributed by atoms with Gasteiger partial charge in [-0.2, -0.15) is 0 Å². The Bertz CT molecular complexity index is 1570. The Hall–Kier alpha value is -3.65. The lowest BCUT2D eigenvalue weighted by atomic mass is 9.68. The van der Waals surface area contributed by atoms with Crippen molar-refractivity contribution in [3.8, 4) is 11.6 Å². The summed E-state index contributed by atoms with van der Waals surface area (Å²) in [6.07, 6.45) is 0. The zero-order valence-electron chi connectivity index (χ0n) is 16.2. The summed E-state index contributed by atoms with van der Waals surface area (Å²) in [7, 11) is 1.68. The molecule has 0 fully saturated rings. The number of likely N-dealkylation sites (N-methyl/N-ethyl adjacent to an activating group) is 1. The number of nitrogens with zero attached hydrogens (tertiary/aromatic N) is 1. The summed E-state index contributed by atoms with van der Waals surface area (Å²) in [5.41, 5.74) is -0.841. The smallest absolute Gasteiger partial charge is 0.328 e. The van der Waals surface area contributed by atoms with Gasteiger partial charge in [0.25, 0.3) is 5.56 Å². The van der Waals surface area contributed by atoms with E-state index in [0.717, 1.165) is 15.2 Å². The summed E-state index contributed by atoms with van der Waals surface area (Å²) < 4.78 is 6.77. The van der Waals surface area contributed by atoms with Gasteiger partial charge >= 0.3 is 5.69 Å². The van der Waals surface area contributed by atoms with E-state index in [1.807, 2.05) is 48.5 Å². The molecule has 3 heterocycles. The number of H-pyrrole nitrogens is 2. The minimum absolute atomic E-state index is 0.0221. The average Bonchev–Trinajstić information content (AvgIpc) is 2.95. The number of aromatic amines is 2. The van der Waals surface area contributed by atoms with E-state index in [2.05, 4.69) is 25.9 Å². The van der Waals surface area contributed by atoms with E-state index in [9.17, 15) is 14.4 Å². The number of amides is 1. The lowest BCUT2D eigenvalue weighted by molar-refractivity contribution is -0.120. The maximum absolute atomic E-state index is 14.1. The summed E-state index contributed by atoms with van der Waals surface area (Å²) in [5.74, 6) is 0.105. The molecule has 0 radical (unpaired) electrons. The normalized spacial score (nSPS) is 18.6. The van der Waals surface area contributed by atoms with Crippen LogP contribution in [0.2, 0.25) is 0 Å². The number of benzene rings is 3. The van der Waals surface area contributed by atoms with Crippen molar-refractivity contribution < 1.29 is 9.53 Å². The molecule has 2 aliphatic rings. The second kappa shape index (κ2) is 5.95. The van der Waals surface area contributed by atoms with Crippen LogP contribution in [0.4, 0.5) is 5.69 Å². The molecule has 1 unspecified atom stereocenters. The lowest BCUT2D eigenvalue weighted by Crippen LogP contribution is -2.47. The Morgan fingerprint density at radius 2 is 1.77 bits per heavy atom. The third-order valence-corrected chi connectivity index (χ3v) is 6.60. The predicted molar refractivity (Wildman–Crippen MR) is 119 cm³/mol. The van der Waals surface area contributed by atoms with E-state index in [4.69, 9.17) is 4.74 Å². The molecule has 4 aromatic rings. The molecule has 1 amide bonds. The molecule has 2 N–H and O–H groups in total. The number of hydrogen-bond acceptors (Lipinski definition) is 4. The van der Waals surface area contributed by atoms with Gasteiger partial charge in [-0.3, -0.25) is 19.6 Å². The van der Waals surface area contributed by atoms with Crippen molar-refractivity contribution in [1.29, 1.82) is 0 Å². The quantitative estimate of drug-likeness (QED) is 0.407. The maximum Gasteiger partial charge on any atom is 0.328 e. The average molecular weight is 476 g/mol. The van der Waals surface area contributed by atoms with Crippen LogP contribution in [0.25, 0.3) is 10.8 Å². The van der Waals surface area contributed by atoms with Crippen molar-refractivity contribution in [2.45, 2.75) is 5.41 Å². The summed E-state index contributed by atoms with van der Waals surface area (Å²) in [6, 6.07) is 16.9. The van der Waals surface area contributed by atoms with E-state index in [1.165, 1.54) is 0 Å². The molecule has 7 nitrogen and oxygen atoms in total. The van der Waals surface area contributed by atoms with Crippen molar-refractivity contribution in [2.24, 2.45) is 0 Å². The number of aromatic nitrogens is 2. The van der Waals surface area contributed by atoms with Crippen molar-refractivity contribution in [2.75, 3.05) is 11.9 Å². The zero-order valence-corrected chi connectivity index (χ0v) is 17.7. The molecule has 8 heteroatoms. The fraction of sp³-hybridized carbons (Fsp3) is 0.0870. The van der Waals surface area contributed by atoms with E-state index in [-0.39, 0.29) is 17.4 Å². The molecule has 0 bridgehead atoms. The molecule has 1 spiro atoms. The molecule has 0 saturated carbocycles. The predicted octanol–water partition coefficient (Wildman–Crippen LogP) is 3.40. The number of nitrogens with one attached hydrogen (secondary N) is 2. The highest BCUT2D eigenvalue weighted by Crippen LogP contribution is 2.58. The van der Waals surface area contributed by atoms with Crippen molar-refractivity contribution >= 4 is 38.3 Å². The van der Waals surface area contributed by atoms with Gasteiger partial charge in [-0.25, -0.2) is 4.79 Å². The van der Waals surface area contributed by atoms with Gasteiger partial charge in [-0.15, -0.1) is 0 Å². The van der Waals surface area contributed by atoms with E-state index < -0.39 is 16.7 Å². The number of halogens is 1. The molecule has 2 aliphatic heterocycles. The van der Waals surface area contributed by atoms with Crippen LogP contribution in [0.1, 0.15) is 16.7 Å². The minimum atomic E-state index is -1.48. The van der Waals surface area contributed by atoms with E-state index in [0.29, 0.717) is 22.6 Å². The van der Waals surface area contributed by atoms with Gasteiger partial charge in [-0.1, -0.05) is 46.3 Å². The Morgan fingerprint density at radius 3 is 2.61 bits per heavy atom. The van der Waals surface area contributed by atoms with Gasteiger partial charge in [0.05, 0.1) is 0 Å². The summed E-state index contributed by atoms with van der Waals surface area (Å²) in [5, 5.41) is 1.71. The van der Waals surface area contributed by atoms with Gasteiger partial charge in [0.2, 0.25) is 11.8 Å². The number of rotatable bonds is 0. The molecule has 6 rings (SSSR count). The molecule has 31 heavy (non-hydrogen) atoms. The van der Waals surface area contributed by atoms with Crippen LogP contribution in [-0.2, 0) is 10.2 Å². The first kappa shape index (κ1) is 18.1. The molecular formula is C23H14BrN3O4. The van der Waals surface area contributed by atoms with Crippen LogP contribution < -0.4 is 20.9 Å². The van der Waals surface area contributed by atoms with Crippen LogP contribution in [-0.4, -0.2) is 22.9 Å². The second-order valence-electron chi connectivity index (χ2n) is 7.65. The first-order valence-electron chi connectivity index (χ1n) is 9.58. The Labute approximate surface area is 183 Å². The lowest BCUT2D eigenvalue weighted by Gasteiger charge is -2.35. The van der Waals surface area contributed by atoms with Crippen molar-refractivity contribution in [3.63, 3.8) is 0 Å². The van der Waals surface area contributed by atoms with Crippen LogP contribution in [0, 0.1) is 0 Å². The van der Waals surface area contributed by atoms with E-state index in [1.54, 1.807) is 18.0 Å². The number of hydrogen-bond donors (Lipinski definition) is 2. The molecule has 0 aliphatic carbocycles. The largest absolute Gasteiger partial charge is 0.440 e. The Morgan fingerprint density at radius 1 is 0.968 bits per heavy atom. The van der Waals surface area contributed by atoms with Gasteiger partial charge in [0.15, 0.2) is 0 Å². The summed E-state index contributed by atoms with van der Waals surface area (Å²) >= 11 is 3.51. The number of anilines is 1. The third kappa shape index (κ3) is 2.14. The van der Waals surface area contributed by atoms with Gasteiger partial charge in [-0.05, 0) is 35.0 Å². The highest BCUT2D eigenvalue weighted by atomic mass is 79.9. The standard InChI is InChI=1S/C23H14BrN3O4/c1-27-15-8-7-12(24)10-14(15)23(21(27)29)17-13-5-3-2-4-11(13)6-9-16(17)31-20-18(23)19(28)25-22(30)26-20/h2-10H,1H3,(H2,25,26,28,30). The van der Waals surface area contributed by atoms with Crippen LogP contribution >= 0.6 is 15.9 Å². The summed E-state index contributed by atoms with van der Waals surface area (Å²) in [4.78, 5) is 45.7. The SMILES string of the molecule is CN1C(=O)C2(c3cc(Br)ccc31)c1c([nH]c(=O)[nH]c1=O)Oc1ccc3ccccc3c12. The molecule has 152 valence electrons. The molecule has 0 saturated heterocycles. The topological polar surface area (TPSA) is 95.3 Å². The zero-order chi connectivity index (χ0) is 21.5. The fourth-order valence-corrected chi connectivity index (χ4v) is 5.26. The fourth-order valence-electron chi connectivity index (χ4n) is 4.90. The maximum atomic E-state index is 14.1. The first-order chi connectivity index (χ1) is 14.9. The van der Waals surface area contributed by atoms with E-state index >= 15 is 0 Å². The first-order valence-corrected chi connectivity index (χ1v) is 10.4. The van der Waals surface area contributed by atoms with Crippen LogP contribution in [0.3, 0.4) is 0 Å². The monoisotopic (exact) mass is 475 g/mol. The van der Waals surface area contributed by atoms with Gasteiger partial charge in [0, 0.05) is 28.3 Å². The number of carbonyl (C=O) groups is 1. The van der Waals surface area contributed by atoms with Crippen LogP contribution in [0.5, 0.6) is 11.6 Å².